The van der Waals surface area contributed by atoms with E-state index in [0.717, 1.165) is 6.42 Å². The van der Waals surface area contributed by atoms with Crippen molar-refractivity contribution in [2.75, 3.05) is 12.4 Å². The van der Waals surface area contributed by atoms with Crippen LogP contribution in [0.1, 0.15) is 71.1 Å². The van der Waals surface area contributed by atoms with Gasteiger partial charge in [0.2, 0.25) is 0 Å². The van der Waals surface area contributed by atoms with Crippen LogP contribution in [0.5, 0.6) is 0 Å². The van der Waals surface area contributed by atoms with Crippen LogP contribution < -0.4 is 0 Å². The molecule has 2 nitrogen and oxygen atoms in total. The monoisotopic (exact) mass is 284 g/mol. The molecule has 0 heterocycles. The van der Waals surface area contributed by atoms with Crippen molar-refractivity contribution < 1.29 is 9.53 Å². The second kappa shape index (κ2) is 17.8. The predicted molar refractivity (Wildman–Crippen MR) is 83.8 cm³/mol. The van der Waals surface area contributed by atoms with Crippen molar-refractivity contribution in [3.05, 3.63) is 0 Å². The van der Waals surface area contributed by atoms with Gasteiger partial charge in [0.05, 0.1) is 12.4 Å². The van der Waals surface area contributed by atoms with Crippen LogP contribution in [0.3, 0.4) is 0 Å². The van der Waals surface area contributed by atoms with Crippen LogP contribution in [0.15, 0.2) is 0 Å². The number of rotatable bonds is 12. The van der Waals surface area contributed by atoms with Crippen molar-refractivity contribution in [3.8, 4) is 0 Å². The maximum atomic E-state index is 10.8. The Labute approximate surface area is 140 Å². The first kappa shape index (κ1) is 21.1. The summed E-state index contributed by atoms with van der Waals surface area (Å²) < 4.78 is 4.95. The first-order valence-electron chi connectivity index (χ1n) is 7.07. The summed E-state index contributed by atoms with van der Waals surface area (Å²) in [6.07, 6.45) is 13.0. The third-order valence-electron chi connectivity index (χ3n) is 2.89. The molecule has 0 bridgehead atoms. The standard InChI is InChI=1S/C14H28O2S.Na.H/c1-2-3-4-5-6-7-8-9-10-11-12-16-14(15)13-17;;/h17H,2-13H2,1H3;;. The minimum absolute atomic E-state index is 0. The topological polar surface area (TPSA) is 26.3 Å². The van der Waals surface area contributed by atoms with Crippen molar-refractivity contribution in [3.63, 3.8) is 0 Å². The molecule has 0 N–H and O–H groups in total. The summed E-state index contributed by atoms with van der Waals surface area (Å²) in [5.74, 6) is -0.0122. The summed E-state index contributed by atoms with van der Waals surface area (Å²) in [5.41, 5.74) is 0. The average Bonchev–Trinajstić information content (AvgIpc) is 2.35. The number of thiol groups is 1. The molecule has 0 spiro atoms. The molecule has 0 saturated carbocycles. The molecule has 0 radical (unpaired) electrons. The molecule has 0 aromatic heterocycles. The Morgan fingerprint density at radius 2 is 1.33 bits per heavy atom. The second-order valence-corrected chi connectivity index (χ2v) is 4.88. The Kier molecular flexibility index (Phi) is 20.9. The number of hydrogen-bond acceptors (Lipinski definition) is 3. The molecular formula is C14H29NaO2S. The molecule has 18 heavy (non-hydrogen) atoms. The van der Waals surface area contributed by atoms with Crippen LogP contribution >= 0.6 is 12.6 Å². The van der Waals surface area contributed by atoms with Crippen LogP contribution in [-0.2, 0) is 9.53 Å². The van der Waals surface area contributed by atoms with Gasteiger partial charge in [-0.05, 0) is 6.42 Å². The van der Waals surface area contributed by atoms with E-state index in [9.17, 15) is 4.79 Å². The van der Waals surface area contributed by atoms with Gasteiger partial charge in [-0.1, -0.05) is 64.7 Å². The third kappa shape index (κ3) is 16.8. The second-order valence-electron chi connectivity index (χ2n) is 4.56. The Balaban J connectivity index is 0. The van der Waals surface area contributed by atoms with Gasteiger partial charge >= 0.3 is 35.5 Å². The van der Waals surface area contributed by atoms with E-state index in [0.29, 0.717) is 6.61 Å². The van der Waals surface area contributed by atoms with E-state index in [4.69, 9.17) is 4.74 Å². The van der Waals surface area contributed by atoms with E-state index in [1.54, 1.807) is 0 Å². The van der Waals surface area contributed by atoms with Crippen LogP contribution in [0, 0.1) is 0 Å². The Morgan fingerprint density at radius 1 is 0.889 bits per heavy atom. The Hall–Kier alpha value is 0.820. The first-order valence-corrected chi connectivity index (χ1v) is 7.71. The average molecular weight is 284 g/mol. The molecule has 4 heteroatoms. The van der Waals surface area contributed by atoms with E-state index in [1.807, 2.05) is 0 Å². The summed E-state index contributed by atoms with van der Waals surface area (Å²) in [6.45, 7) is 2.82. The number of unbranched alkanes of at least 4 members (excludes halogenated alkanes) is 9. The molecule has 0 aromatic rings. The molecular weight excluding hydrogens is 255 g/mol. The van der Waals surface area contributed by atoms with Gasteiger partial charge in [-0.2, -0.15) is 12.6 Å². The molecule has 0 amide bonds. The molecule has 104 valence electrons. The molecule has 0 fully saturated rings. The van der Waals surface area contributed by atoms with Gasteiger partial charge in [0.1, 0.15) is 0 Å². The molecule has 0 rings (SSSR count). The van der Waals surface area contributed by atoms with Gasteiger partial charge in [-0.15, -0.1) is 0 Å². The van der Waals surface area contributed by atoms with Crippen LogP contribution in [0.2, 0.25) is 0 Å². The molecule has 0 aliphatic heterocycles. The predicted octanol–water partition coefficient (Wildman–Crippen LogP) is 3.73. The van der Waals surface area contributed by atoms with E-state index in [1.165, 1.54) is 57.8 Å². The summed E-state index contributed by atoms with van der Waals surface area (Å²) in [7, 11) is 0. The molecule has 0 aromatic carbocycles. The van der Waals surface area contributed by atoms with Crippen molar-refractivity contribution >= 4 is 48.2 Å². The van der Waals surface area contributed by atoms with Crippen LogP contribution in [-0.4, -0.2) is 47.9 Å². The third-order valence-corrected chi connectivity index (χ3v) is 3.15. The maximum absolute atomic E-state index is 10.8. The minimum atomic E-state index is -0.204. The number of carbonyl (C=O) groups excluding carboxylic acids is 1. The number of esters is 1. The molecule has 0 atom stereocenters. The van der Waals surface area contributed by atoms with Crippen molar-refractivity contribution in [2.24, 2.45) is 0 Å². The molecule has 0 unspecified atom stereocenters. The summed E-state index contributed by atoms with van der Waals surface area (Å²) in [6, 6.07) is 0. The zero-order valence-corrected chi connectivity index (χ0v) is 12.1. The van der Waals surface area contributed by atoms with Gasteiger partial charge in [0.25, 0.3) is 0 Å². The zero-order valence-electron chi connectivity index (χ0n) is 11.2. The normalized spacial score (nSPS) is 9.89. The van der Waals surface area contributed by atoms with Gasteiger partial charge < -0.3 is 4.74 Å². The fourth-order valence-electron chi connectivity index (χ4n) is 1.82. The van der Waals surface area contributed by atoms with Crippen molar-refractivity contribution in [2.45, 2.75) is 71.1 Å². The Bertz CT molecular complexity index is 177. The number of carbonyl (C=O) groups is 1. The van der Waals surface area contributed by atoms with Gasteiger partial charge in [-0.3, -0.25) is 4.79 Å². The summed E-state index contributed by atoms with van der Waals surface area (Å²) >= 11 is 3.85. The summed E-state index contributed by atoms with van der Waals surface area (Å²) in [5, 5.41) is 0. The van der Waals surface area contributed by atoms with E-state index in [-0.39, 0.29) is 41.3 Å². The van der Waals surface area contributed by atoms with Gasteiger partial charge in [0, 0.05) is 0 Å². The van der Waals surface area contributed by atoms with E-state index in [2.05, 4.69) is 19.6 Å². The molecule has 0 saturated heterocycles. The Morgan fingerprint density at radius 3 is 1.78 bits per heavy atom. The summed E-state index contributed by atoms with van der Waals surface area (Å²) in [4.78, 5) is 10.8. The van der Waals surface area contributed by atoms with Gasteiger partial charge in [-0.25, -0.2) is 0 Å². The SMILES string of the molecule is CCCCCCCCCCCCOC(=O)CS.[NaH]. The van der Waals surface area contributed by atoms with Gasteiger partial charge in [0.15, 0.2) is 0 Å². The van der Waals surface area contributed by atoms with Crippen LogP contribution in [0.25, 0.3) is 0 Å². The first-order chi connectivity index (χ1) is 8.31. The number of hydrogen-bond donors (Lipinski definition) is 1. The quantitative estimate of drug-likeness (QED) is 0.256. The van der Waals surface area contributed by atoms with Crippen LogP contribution in [0.4, 0.5) is 0 Å². The molecule has 0 aliphatic carbocycles. The van der Waals surface area contributed by atoms with Crippen molar-refractivity contribution in [1.82, 2.24) is 0 Å². The van der Waals surface area contributed by atoms with E-state index < -0.39 is 0 Å². The van der Waals surface area contributed by atoms with E-state index >= 15 is 0 Å². The zero-order chi connectivity index (χ0) is 12.8. The molecule has 0 aliphatic rings. The fraction of sp³-hybridized carbons (Fsp3) is 0.929. The number of ether oxygens (including phenoxy) is 1. The fourth-order valence-corrected chi connectivity index (χ4v) is 1.91. The van der Waals surface area contributed by atoms with Crippen molar-refractivity contribution in [1.29, 1.82) is 0 Å².